The van der Waals surface area contributed by atoms with Crippen LogP contribution < -0.4 is 16.0 Å². The summed E-state index contributed by atoms with van der Waals surface area (Å²) in [5.41, 5.74) is 0.915. The highest BCUT2D eigenvalue weighted by Crippen LogP contribution is 2.29. The van der Waals surface area contributed by atoms with Crippen LogP contribution >= 0.6 is 0 Å². The average Bonchev–Trinajstić information content (AvgIpc) is 3.35. The smallest absolute Gasteiger partial charge is 0.318 e. The molecule has 40 heavy (non-hydrogen) atoms. The van der Waals surface area contributed by atoms with Gasteiger partial charge in [-0.3, -0.25) is 9.59 Å². The Morgan fingerprint density at radius 3 is 2.65 bits per heavy atom. The Hall–Kier alpha value is -4.53. The minimum absolute atomic E-state index is 0.00477. The zero-order valence-corrected chi connectivity index (χ0v) is 21.7. The molecule has 2 atom stereocenters. The number of rotatable bonds is 9. The molecule has 0 spiro atoms. The van der Waals surface area contributed by atoms with E-state index in [-0.39, 0.29) is 34.9 Å². The number of carbonyl (C=O) groups excluding carboxylic acids is 3. The van der Waals surface area contributed by atoms with Gasteiger partial charge in [0.25, 0.3) is 17.7 Å². The first-order chi connectivity index (χ1) is 19.0. The lowest BCUT2D eigenvalue weighted by molar-refractivity contribution is -0.118. The van der Waals surface area contributed by atoms with Crippen LogP contribution in [0.5, 0.6) is 0 Å². The molecule has 0 radical (unpaired) electrons. The Balaban J connectivity index is 1.61. The highest BCUT2D eigenvalue weighted by atomic mass is 19.3. The number of urea groups is 1. The molecule has 0 bridgehead atoms. The van der Waals surface area contributed by atoms with Crippen LogP contribution in [0.1, 0.15) is 45.0 Å². The van der Waals surface area contributed by atoms with Crippen molar-refractivity contribution >= 4 is 23.7 Å². The van der Waals surface area contributed by atoms with Crippen molar-refractivity contribution in [3.05, 3.63) is 70.4 Å². The maximum atomic E-state index is 14.1. The Morgan fingerprint density at radius 1 is 1.20 bits per heavy atom. The van der Waals surface area contributed by atoms with E-state index < -0.39 is 54.8 Å². The highest BCUT2D eigenvalue weighted by Gasteiger charge is 2.42. The SMILES string of the molecule is COC[C@H](c1ccnc(NC(=O)[C@@H](NC(=O)c2nonc2C)c2ccc(F)c(C)c2)c1)N1CC(F)(F)CNC1=O. The summed E-state index contributed by atoms with van der Waals surface area (Å²) in [7, 11) is 1.36. The second kappa shape index (κ2) is 11.7. The number of aryl methyl sites for hydroxylation is 2. The molecule has 12 nitrogen and oxygen atoms in total. The number of aromatic nitrogens is 3. The number of hydrogen-bond acceptors (Lipinski definition) is 8. The van der Waals surface area contributed by atoms with E-state index in [2.05, 4.69) is 35.9 Å². The van der Waals surface area contributed by atoms with E-state index >= 15 is 0 Å². The minimum atomic E-state index is -3.15. The maximum Gasteiger partial charge on any atom is 0.318 e. The maximum absolute atomic E-state index is 14.1. The molecule has 1 aromatic carbocycles. The summed E-state index contributed by atoms with van der Waals surface area (Å²) in [5.74, 6) is -5.16. The number of nitrogens with one attached hydrogen (secondary N) is 3. The minimum Gasteiger partial charge on any atom is -0.382 e. The van der Waals surface area contributed by atoms with Crippen LogP contribution in [-0.4, -0.2) is 70.8 Å². The zero-order chi connectivity index (χ0) is 29.0. The zero-order valence-electron chi connectivity index (χ0n) is 21.7. The van der Waals surface area contributed by atoms with Crippen molar-refractivity contribution in [2.75, 3.05) is 32.1 Å². The van der Waals surface area contributed by atoms with Gasteiger partial charge < -0.3 is 25.6 Å². The number of pyridine rings is 1. The number of alkyl halides is 2. The number of nitrogens with zero attached hydrogens (tertiary/aromatic N) is 4. The second-order valence-corrected chi connectivity index (χ2v) is 9.19. The van der Waals surface area contributed by atoms with Crippen LogP contribution in [-0.2, 0) is 9.53 Å². The van der Waals surface area contributed by atoms with E-state index in [1.54, 1.807) is 0 Å². The molecule has 3 heterocycles. The first-order valence-corrected chi connectivity index (χ1v) is 12.0. The summed E-state index contributed by atoms with van der Waals surface area (Å²) in [6, 6.07) is 3.87. The summed E-state index contributed by atoms with van der Waals surface area (Å²) >= 11 is 0. The number of amides is 4. The van der Waals surface area contributed by atoms with Crippen LogP contribution in [0.2, 0.25) is 0 Å². The Morgan fingerprint density at radius 2 is 1.98 bits per heavy atom. The van der Waals surface area contributed by atoms with Gasteiger partial charge in [-0.25, -0.2) is 27.6 Å². The largest absolute Gasteiger partial charge is 0.382 e. The molecule has 15 heteroatoms. The number of halogens is 3. The van der Waals surface area contributed by atoms with Gasteiger partial charge in [0.15, 0.2) is 5.69 Å². The van der Waals surface area contributed by atoms with Crippen molar-refractivity contribution in [3.63, 3.8) is 0 Å². The quantitative estimate of drug-likeness (QED) is 0.361. The van der Waals surface area contributed by atoms with E-state index in [0.717, 1.165) is 11.0 Å². The fourth-order valence-electron chi connectivity index (χ4n) is 4.16. The summed E-state index contributed by atoms with van der Waals surface area (Å²) in [6.07, 6.45) is 1.33. The summed E-state index contributed by atoms with van der Waals surface area (Å²) in [6.45, 7) is 1.28. The number of carbonyl (C=O) groups is 3. The Kier molecular flexibility index (Phi) is 8.32. The number of ether oxygens (including phenoxy) is 1. The van der Waals surface area contributed by atoms with Crippen molar-refractivity contribution in [2.24, 2.45) is 0 Å². The van der Waals surface area contributed by atoms with E-state index in [1.165, 1.54) is 51.4 Å². The molecule has 0 unspecified atom stereocenters. The highest BCUT2D eigenvalue weighted by molar-refractivity contribution is 6.00. The number of benzene rings is 1. The third-order valence-electron chi connectivity index (χ3n) is 6.20. The van der Waals surface area contributed by atoms with Gasteiger partial charge in [0, 0.05) is 13.3 Å². The predicted molar refractivity (Wildman–Crippen MR) is 133 cm³/mol. The topological polar surface area (TPSA) is 152 Å². The number of methoxy groups -OCH3 is 1. The third kappa shape index (κ3) is 6.36. The molecule has 1 fully saturated rings. The van der Waals surface area contributed by atoms with Crippen molar-refractivity contribution in [2.45, 2.75) is 31.9 Å². The fourth-order valence-corrected chi connectivity index (χ4v) is 4.16. The van der Waals surface area contributed by atoms with Crippen LogP contribution in [0, 0.1) is 19.7 Å². The van der Waals surface area contributed by atoms with Gasteiger partial charge in [0.1, 0.15) is 23.4 Å². The molecule has 212 valence electrons. The Labute approximate surface area is 226 Å². The normalized spacial score (nSPS) is 16.1. The van der Waals surface area contributed by atoms with Crippen LogP contribution in [0.3, 0.4) is 0 Å². The van der Waals surface area contributed by atoms with E-state index in [0.29, 0.717) is 5.56 Å². The van der Waals surface area contributed by atoms with Crippen LogP contribution in [0.25, 0.3) is 0 Å². The molecule has 1 saturated heterocycles. The number of hydrogen-bond donors (Lipinski definition) is 3. The van der Waals surface area contributed by atoms with E-state index in [1.807, 2.05) is 0 Å². The third-order valence-corrected chi connectivity index (χ3v) is 6.20. The standard InChI is InChI=1S/C25H26F3N7O5/c1-13-8-16(4-5-17(13)26)21(32-22(36)20-14(2)33-40-34-20)23(37)31-19-9-15(6-7-29-19)18(10-39-3)35-12-25(27,28)11-30-24(35)38/h4-9,18,21H,10-12H2,1-3H3,(H,30,38)(H,32,36)(H,29,31,37)/t18-,21+/m1/s1. The molecule has 4 rings (SSSR count). The lowest BCUT2D eigenvalue weighted by Crippen LogP contribution is -2.58. The van der Waals surface area contributed by atoms with Gasteiger partial charge in [0.05, 0.1) is 25.7 Å². The fraction of sp³-hybridized carbons (Fsp3) is 0.360. The number of anilines is 1. The van der Waals surface area contributed by atoms with Gasteiger partial charge in [-0.1, -0.05) is 17.3 Å². The first kappa shape index (κ1) is 28.5. The Bertz CT molecular complexity index is 1420. The molecule has 1 aliphatic rings. The van der Waals surface area contributed by atoms with E-state index in [4.69, 9.17) is 4.74 Å². The van der Waals surface area contributed by atoms with Gasteiger partial charge in [0.2, 0.25) is 0 Å². The van der Waals surface area contributed by atoms with E-state index in [9.17, 15) is 27.6 Å². The van der Waals surface area contributed by atoms with Gasteiger partial charge >= 0.3 is 6.03 Å². The lowest BCUT2D eigenvalue weighted by atomic mass is 10.0. The first-order valence-electron chi connectivity index (χ1n) is 12.0. The molecule has 0 aliphatic carbocycles. The van der Waals surface area contributed by atoms with Crippen LogP contribution in [0.4, 0.5) is 23.8 Å². The van der Waals surface area contributed by atoms with Crippen LogP contribution in [0.15, 0.2) is 41.2 Å². The van der Waals surface area contributed by atoms with Crippen molar-refractivity contribution in [1.29, 1.82) is 0 Å². The predicted octanol–water partition coefficient (Wildman–Crippen LogP) is 2.68. The monoisotopic (exact) mass is 561 g/mol. The van der Waals surface area contributed by atoms with Crippen molar-refractivity contribution < 1.29 is 36.9 Å². The molecule has 1 aliphatic heterocycles. The molecular formula is C25H26F3N7O5. The summed E-state index contributed by atoms with van der Waals surface area (Å²) in [4.78, 5) is 43.7. The average molecular weight is 562 g/mol. The van der Waals surface area contributed by atoms with Crippen molar-refractivity contribution in [3.8, 4) is 0 Å². The molecule has 2 aromatic heterocycles. The molecule has 4 amide bonds. The van der Waals surface area contributed by atoms with Crippen molar-refractivity contribution in [1.82, 2.24) is 30.8 Å². The summed E-state index contributed by atoms with van der Waals surface area (Å²) in [5, 5.41) is 14.4. The molecule has 3 aromatic rings. The molecule has 3 N–H and O–H groups in total. The van der Waals surface area contributed by atoms with Gasteiger partial charge in [-0.05, 0) is 53.9 Å². The second-order valence-electron chi connectivity index (χ2n) is 9.19. The molecule has 0 saturated carbocycles. The summed E-state index contributed by atoms with van der Waals surface area (Å²) < 4.78 is 51.9. The molecular weight excluding hydrogens is 535 g/mol. The van der Waals surface area contributed by atoms with Gasteiger partial charge in [-0.15, -0.1) is 0 Å². The lowest BCUT2D eigenvalue weighted by Gasteiger charge is -2.38. The van der Waals surface area contributed by atoms with Gasteiger partial charge in [-0.2, -0.15) is 0 Å².